The molecule has 1 heterocycles. The van der Waals surface area contributed by atoms with Gasteiger partial charge in [0, 0.05) is 17.4 Å². The Labute approximate surface area is 116 Å². The molecule has 1 amide bonds. The van der Waals surface area contributed by atoms with Crippen LogP contribution in [0.2, 0.25) is 0 Å². The fourth-order valence-electron chi connectivity index (χ4n) is 1.56. The molecular weight excluding hydrogens is 260 g/mol. The number of anilines is 1. The van der Waals surface area contributed by atoms with Gasteiger partial charge in [-0.1, -0.05) is 6.92 Å². The molecule has 1 N–H and O–H groups in total. The third kappa shape index (κ3) is 3.54. The minimum Gasteiger partial charge on any atom is -0.494 e. The lowest BCUT2D eigenvalue weighted by atomic mass is 10.2. The summed E-state index contributed by atoms with van der Waals surface area (Å²) in [6.45, 7) is 4.43. The molecule has 2 rings (SSSR count). The molecule has 0 saturated carbocycles. The Morgan fingerprint density at radius 2 is 2.05 bits per heavy atom. The van der Waals surface area contributed by atoms with Crippen molar-refractivity contribution in [3.8, 4) is 17.0 Å². The Bertz CT molecular complexity index is 549. The standard InChI is InChI=1S/C14H16N2O2S/c1-3-13(17)16-14-15-12(9-19-14)10-5-7-11(8-6-10)18-4-2/h5-9H,3-4H2,1-2H3,(H,15,16,17). The van der Waals surface area contributed by atoms with Crippen molar-refractivity contribution in [1.82, 2.24) is 4.98 Å². The molecule has 1 aromatic heterocycles. The quantitative estimate of drug-likeness (QED) is 0.908. The van der Waals surface area contributed by atoms with E-state index in [9.17, 15) is 4.79 Å². The van der Waals surface area contributed by atoms with Gasteiger partial charge in [-0.2, -0.15) is 0 Å². The van der Waals surface area contributed by atoms with Gasteiger partial charge < -0.3 is 10.1 Å². The number of hydrogen-bond donors (Lipinski definition) is 1. The van der Waals surface area contributed by atoms with Crippen LogP contribution in [0.3, 0.4) is 0 Å². The average molecular weight is 276 g/mol. The molecule has 0 spiro atoms. The summed E-state index contributed by atoms with van der Waals surface area (Å²) in [4.78, 5) is 15.7. The molecule has 19 heavy (non-hydrogen) atoms. The molecule has 2 aromatic rings. The molecule has 5 heteroatoms. The Morgan fingerprint density at radius 1 is 1.32 bits per heavy atom. The number of carbonyl (C=O) groups excluding carboxylic acids is 1. The molecular formula is C14H16N2O2S. The second-order valence-electron chi connectivity index (χ2n) is 3.90. The minimum atomic E-state index is -0.0207. The summed E-state index contributed by atoms with van der Waals surface area (Å²) >= 11 is 1.43. The molecule has 0 bridgehead atoms. The highest BCUT2D eigenvalue weighted by molar-refractivity contribution is 7.14. The van der Waals surface area contributed by atoms with Crippen molar-refractivity contribution in [1.29, 1.82) is 0 Å². The molecule has 4 nitrogen and oxygen atoms in total. The summed E-state index contributed by atoms with van der Waals surface area (Å²) in [6.07, 6.45) is 0.456. The molecule has 0 fully saturated rings. The number of amides is 1. The molecule has 0 radical (unpaired) electrons. The number of aromatic nitrogens is 1. The molecule has 0 unspecified atom stereocenters. The lowest BCUT2D eigenvalue weighted by Crippen LogP contribution is -2.08. The first-order valence-corrected chi connectivity index (χ1v) is 7.09. The minimum absolute atomic E-state index is 0.0207. The Morgan fingerprint density at radius 3 is 2.68 bits per heavy atom. The number of benzene rings is 1. The Balaban J connectivity index is 2.11. The van der Waals surface area contributed by atoms with Gasteiger partial charge in [0.15, 0.2) is 5.13 Å². The summed E-state index contributed by atoms with van der Waals surface area (Å²) < 4.78 is 5.39. The van der Waals surface area contributed by atoms with Crippen LogP contribution in [0.1, 0.15) is 20.3 Å². The lowest BCUT2D eigenvalue weighted by Gasteiger charge is -2.03. The second-order valence-corrected chi connectivity index (χ2v) is 4.76. The van der Waals surface area contributed by atoms with Gasteiger partial charge in [-0.3, -0.25) is 4.79 Å². The van der Waals surface area contributed by atoms with Crippen molar-refractivity contribution in [2.24, 2.45) is 0 Å². The first kappa shape index (κ1) is 13.5. The van der Waals surface area contributed by atoms with E-state index in [0.717, 1.165) is 17.0 Å². The van der Waals surface area contributed by atoms with Crippen LogP contribution < -0.4 is 10.1 Å². The zero-order valence-corrected chi connectivity index (χ0v) is 11.8. The number of ether oxygens (including phenoxy) is 1. The van der Waals surface area contributed by atoms with Crippen LogP contribution >= 0.6 is 11.3 Å². The highest BCUT2D eigenvalue weighted by Gasteiger charge is 2.06. The van der Waals surface area contributed by atoms with Crippen molar-refractivity contribution in [2.75, 3.05) is 11.9 Å². The number of nitrogens with zero attached hydrogens (tertiary/aromatic N) is 1. The van der Waals surface area contributed by atoms with Crippen LogP contribution in [0.4, 0.5) is 5.13 Å². The summed E-state index contributed by atoms with van der Waals surface area (Å²) in [5.41, 5.74) is 1.87. The van der Waals surface area contributed by atoms with E-state index in [1.54, 1.807) is 0 Å². The number of thiazole rings is 1. The largest absolute Gasteiger partial charge is 0.494 e. The van der Waals surface area contributed by atoms with E-state index < -0.39 is 0 Å². The van der Waals surface area contributed by atoms with Crippen LogP contribution in [0, 0.1) is 0 Å². The smallest absolute Gasteiger partial charge is 0.225 e. The molecule has 0 aliphatic carbocycles. The fraction of sp³-hybridized carbons (Fsp3) is 0.286. The van der Waals surface area contributed by atoms with Crippen molar-refractivity contribution in [3.63, 3.8) is 0 Å². The van der Waals surface area contributed by atoms with Crippen molar-refractivity contribution >= 4 is 22.4 Å². The maximum absolute atomic E-state index is 11.3. The first-order valence-electron chi connectivity index (χ1n) is 6.21. The maximum atomic E-state index is 11.3. The molecule has 0 atom stereocenters. The molecule has 0 aliphatic rings. The molecule has 0 saturated heterocycles. The van der Waals surface area contributed by atoms with E-state index in [2.05, 4.69) is 10.3 Å². The number of hydrogen-bond acceptors (Lipinski definition) is 4. The van der Waals surface area contributed by atoms with E-state index in [4.69, 9.17) is 4.74 Å². The third-order valence-corrected chi connectivity index (χ3v) is 3.29. The van der Waals surface area contributed by atoms with Gasteiger partial charge in [0.1, 0.15) is 5.75 Å². The maximum Gasteiger partial charge on any atom is 0.225 e. The lowest BCUT2D eigenvalue weighted by molar-refractivity contribution is -0.115. The summed E-state index contributed by atoms with van der Waals surface area (Å²) in [6, 6.07) is 7.77. The van der Waals surface area contributed by atoms with Crippen LogP contribution in [-0.4, -0.2) is 17.5 Å². The highest BCUT2D eigenvalue weighted by atomic mass is 32.1. The highest BCUT2D eigenvalue weighted by Crippen LogP contribution is 2.26. The number of rotatable bonds is 5. The Hall–Kier alpha value is -1.88. The molecule has 0 aliphatic heterocycles. The van der Waals surface area contributed by atoms with Gasteiger partial charge in [0.2, 0.25) is 5.91 Å². The fourth-order valence-corrected chi connectivity index (χ4v) is 2.30. The van der Waals surface area contributed by atoms with Gasteiger partial charge in [-0.05, 0) is 31.2 Å². The monoisotopic (exact) mass is 276 g/mol. The van der Waals surface area contributed by atoms with Crippen molar-refractivity contribution in [3.05, 3.63) is 29.6 Å². The normalized spacial score (nSPS) is 10.2. The van der Waals surface area contributed by atoms with Gasteiger partial charge in [-0.15, -0.1) is 11.3 Å². The van der Waals surface area contributed by atoms with E-state index in [0.29, 0.717) is 18.2 Å². The van der Waals surface area contributed by atoms with Crippen LogP contribution in [-0.2, 0) is 4.79 Å². The van der Waals surface area contributed by atoms with E-state index in [-0.39, 0.29) is 5.91 Å². The Kier molecular flexibility index (Phi) is 4.52. The third-order valence-electron chi connectivity index (χ3n) is 2.53. The van der Waals surface area contributed by atoms with Crippen LogP contribution in [0.15, 0.2) is 29.6 Å². The summed E-state index contributed by atoms with van der Waals surface area (Å²) in [5, 5.41) is 5.32. The van der Waals surface area contributed by atoms with Gasteiger partial charge in [0.05, 0.1) is 12.3 Å². The average Bonchev–Trinajstić information content (AvgIpc) is 2.88. The predicted molar refractivity (Wildman–Crippen MR) is 77.6 cm³/mol. The van der Waals surface area contributed by atoms with E-state index in [1.165, 1.54) is 11.3 Å². The number of nitrogens with one attached hydrogen (secondary N) is 1. The topological polar surface area (TPSA) is 51.2 Å². The van der Waals surface area contributed by atoms with Crippen LogP contribution in [0.5, 0.6) is 5.75 Å². The summed E-state index contributed by atoms with van der Waals surface area (Å²) in [5.74, 6) is 0.827. The summed E-state index contributed by atoms with van der Waals surface area (Å²) in [7, 11) is 0. The zero-order chi connectivity index (χ0) is 13.7. The van der Waals surface area contributed by atoms with E-state index >= 15 is 0 Å². The first-order chi connectivity index (χ1) is 9.22. The molecule has 100 valence electrons. The van der Waals surface area contributed by atoms with Gasteiger partial charge >= 0.3 is 0 Å². The molecule has 1 aromatic carbocycles. The number of carbonyl (C=O) groups is 1. The van der Waals surface area contributed by atoms with Crippen LogP contribution in [0.25, 0.3) is 11.3 Å². The van der Waals surface area contributed by atoms with Gasteiger partial charge in [0.25, 0.3) is 0 Å². The van der Waals surface area contributed by atoms with Gasteiger partial charge in [-0.25, -0.2) is 4.98 Å². The second kappa shape index (κ2) is 6.33. The SMILES string of the molecule is CCOc1ccc(-c2csc(NC(=O)CC)n2)cc1. The van der Waals surface area contributed by atoms with Crippen molar-refractivity contribution in [2.45, 2.75) is 20.3 Å². The van der Waals surface area contributed by atoms with Crippen molar-refractivity contribution < 1.29 is 9.53 Å². The van der Waals surface area contributed by atoms with E-state index in [1.807, 2.05) is 43.5 Å². The zero-order valence-electron chi connectivity index (χ0n) is 11.0. The predicted octanol–water partition coefficient (Wildman–Crippen LogP) is 3.56.